The molecule has 1 aromatic heterocycles. The lowest BCUT2D eigenvalue weighted by molar-refractivity contribution is 0.0971. The van der Waals surface area contributed by atoms with E-state index in [1.54, 1.807) is 11.3 Å². The van der Waals surface area contributed by atoms with Crippen LogP contribution in [0.2, 0.25) is 0 Å². The molecule has 0 aliphatic heterocycles. The zero-order chi connectivity index (χ0) is 13.7. The number of halogens is 1. The van der Waals surface area contributed by atoms with Crippen LogP contribution in [-0.4, -0.2) is 11.6 Å². The van der Waals surface area contributed by atoms with Crippen LogP contribution in [0.1, 0.15) is 25.1 Å². The first-order valence-corrected chi connectivity index (χ1v) is 7.78. The van der Waals surface area contributed by atoms with Crippen LogP contribution in [0.4, 0.5) is 0 Å². The molecule has 2 aromatic rings. The van der Waals surface area contributed by atoms with E-state index in [4.69, 9.17) is 16.3 Å². The summed E-state index contributed by atoms with van der Waals surface area (Å²) in [7, 11) is 0. The summed E-state index contributed by atoms with van der Waals surface area (Å²) >= 11 is 7.41. The summed E-state index contributed by atoms with van der Waals surface area (Å²) in [4.78, 5) is 4.49. The third kappa shape index (κ3) is 4.30. The maximum Gasteiger partial charge on any atom is 0.123 e. The van der Waals surface area contributed by atoms with E-state index in [0.717, 1.165) is 22.9 Å². The van der Waals surface area contributed by atoms with Gasteiger partial charge in [0.25, 0.3) is 0 Å². The first kappa shape index (κ1) is 14.5. The molecule has 0 N–H and O–H groups in total. The SMILES string of the molecule is CC(C)COCc1cccc(-c2nc(CCl)cs2)c1. The highest BCUT2D eigenvalue weighted by atomic mass is 35.5. The van der Waals surface area contributed by atoms with Gasteiger partial charge in [-0.05, 0) is 17.5 Å². The first-order chi connectivity index (χ1) is 9.19. The van der Waals surface area contributed by atoms with Crippen molar-refractivity contribution in [1.82, 2.24) is 4.98 Å². The standard InChI is InChI=1S/C15H18ClNOS/c1-11(2)8-18-9-12-4-3-5-13(6-12)15-17-14(7-16)10-19-15/h3-6,10-11H,7-9H2,1-2H3. The molecule has 2 nitrogen and oxygen atoms in total. The number of aromatic nitrogens is 1. The Morgan fingerprint density at radius 1 is 1.37 bits per heavy atom. The van der Waals surface area contributed by atoms with E-state index in [-0.39, 0.29) is 0 Å². The number of hydrogen-bond donors (Lipinski definition) is 0. The second-order valence-corrected chi connectivity index (χ2v) is 6.01. The zero-order valence-electron chi connectivity index (χ0n) is 11.2. The fourth-order valence-corrected chi connectivity index (χ4v) is 2.75. The number of rotatable bonds is 6. The van der Waals surface area contributed by atoms with Crippen LogP contribution in [-0.2, 0) is 17.2 Å². The molecule has 1 heterocycles. The van der Waals surface area contributed by atoms with Crippen molar-refractivity contribution in [2.24, 2.45) is 5.92 Å². The Kier molecular flexibility index (Phi) is 5.37. The van der Waals surface area contributed by atoms with Crippen LogP contribution < -0.4 is 0 Å². The molecule has 2 rings (SSSR count). The lowest BCUT2D eigenvalue weighted by atomic mass is 10.1. The molecule has 0 fully saturated rings. The van der Waals surface area contributed by atoms with Crippen molar-refractivity contribution in [2.45, 2.75) is 26.3 Å². The molecule has 0 aliphatic carbocycles. The van der Waals surface area contributed by atoms with E-state index in [0.29, 0.717) is 18.4 Å². The number of alkyl halides is 1. The van der Waals surface area contributed by atoms with Gasteiger partial charge in [-0.3, -0.25) is 0 Å². The minimum Gasteiger partial charge on any atom is -0.377 e. The summed E-state index contributed by atoms with van der Waals surface area (Å²) in [6, 6.07) is 8.34. The van der Waals surface area contributed by atoms with E-state index in [1.807, 2.05) is 11.4 Å². The highest BCUT2D eigenvalue weighted by Gasteiger charge is 2.05. The highest BCUT2D eigenvalue weighted by molar-refractivity contribution is 7.13. The molecule has 0 saturated carbocycles. The molecule has 0 bridgehead atoms. The van der Waals surface area contributed by atoms with Gasteiger partial charge in [0.1, 0.15) is 5.01 Å². The van der Waals surface area contributed by atoms with Gasteiger partial charge in [0.15, 0.2) is 0 Å². The molecule has 0 unspecified atom stereocenters. The van der Waals surface area contributed by atoms with Crippen LogP contribution in [0.25, 0.3) is 10.6 Å². The van der Waals surface area contributed by atoms with Crippen LogP contribution >= 0.6 is 22.9 Å². The Bertz CT molecular complexity index is 524. The molecule has 0 amide bonds. The fraction of sp³-hybridized carbons (Fsp3) is 0.400. The molecule has 0 saturated heterocycles. The van der Waals surface area contributed by atoms with Gasteiger partial charge in [0.2, 0.25) is 0 Å². The van der Waals surface area contributed by atoms with Crippen molar-refractivity contribution in [3.05, 3.63) is 40.9 Å². The molecule has 0 spiro atoms. The van der Waals surface area contributed by atoms with Gasteiger partial charge in [-0.1, -0.05) is 32.0 Å². The molecule has 0 aliphatic rings. The van der Waals surface area contributed by atoms with Gasteiger partial charge >= 0.3 is 0 Å². The van der Waals surface area contributed by atoms with Crippen molar-refractivity contribution in [3.63, 3.8) is 0 Å². The van der Waals surface area contributed by atoms with Gasteiger partial charge < -0.3 is 4.74 Å². The predicted molar refractivity (Wildman–Crippen MR) is 81.6 cm³/mol. The normalized spacial score (nSPS) is 11.2. The number of hydrogen-bond acceptors (Lipinski definition) is 3. The maximum absolute atomic E-state index is 5.78. The van der Waals surface area contributed by atoms with Gasteiger partial charge in [0, 0.05) is 17.6 Å². The summed E-state index contributed by atoms with van der Waals surface area (Å²) in [6.45, 7) is 5.75. The lowest BCUT2D eigenvalue weighted by Gasteiger charge is -2.07. The average Bonchev–Trinajstić information content (AvgIpc) is 2.87. The molecular formula is C15H18ClNOS. The minimum atomic E-state index is 0.466. The van der Waals surface area contributed by atoms with Crippen LogP contribution in [0, 0.1) is 5.92 Å². The van der Waals surface area contributed by atoms with Crippen molar-refractivity contribution in [3.8, 4) is 10.6 Å². The number of benzene rings is 1. The molecule has 102 valence electrons. The van der Waals surface area contributed by atoms with Crippen molar-refractivity contribution in [2.75, 3.05) is 6.61 Å². The second kappa shape index (κ2) is 7.04. The van der Waals surface area contributed by atoms with Gasteiger partial charge in [-0.2, -0.15) is 0 Å². The molecule has 1 aromatic carbocycles. The van der Waals surface area contributed by atoms with Gasteiger partial charge in [-0.15, -0.1) is 22.9 Å². The smallest absolute Gasteiger partial charge is 0.123 e. The summed E-state index contributed by atoms with van der Waals surface area (Å²) in [5, 5.41) is 3.02. The van der Waals surface area contributed by atoms with E-state index in [2.05, 4.69) is 37.0 Å². The van der Waals surface area contributed by atoms with E-state index in [1.165, 1.54) is 5.56 Å². The van der Waals surface area contributed by atoms with Crippen LogP contribution in [0.15, 0.2) is 29.6 Å². The minimum absolute atomic E-state index is 0.466. The third-order valence-corrected chi connectivity index (χ3v) is 3.80. The van der Waals surface area contributed by atoms with Crippen molar-refractivity contribution >= 4 is 22.9 Å². The third-order valence-electron chi connectivity index (χ3n) is 2.58. The first-order valence-electron chi connectivity index (χ1n) is 6.36. The monoisotopic (exact) mass is 295 g/mol. The Balaban J connectivity index is 2.06. The molecular weight excluding hydrogens is 278 g/mol. The Morgan fingerprint density at radius 3 is 2.89 bits per heavy atom. The molecule has 0 radical (unpaired) electrons. The fourth-order valence-electron chi connectivity index (χ4n) is 1.71. The van der Waals surface area contributed by atoms with Gasteiger partial charge in [0.05, 0.1) is 18.2 Å². The topological polar surface area (TPSA) is 22.1 Å². The van der Waals surface area contributed by atoms with Crippen LogP contribution in [0.3, 0.4) is 0 Å². The molecule has 19 heavy (non-hydrogen) atoms. The Labute approximate surface area is 123 Å². The van der Waals surface area contributed by atoms with Gasteiger partial charge in [-0.25, -0.2) is 4.98 Å². The zero-order valence-corrected chi connectivity index (χ0v) is 12.8. The lowest BCUT2D eigenvalue weighted by Crippen LogP contribution is -2.01. The number of ether oxygens (including phenoxy) is 1. The second-order valence-electron chi connectivity index (χ2n) is 4.89. The average molecular weight is 296 g/mol. The predicted octanol–water partition coefficient (Wildman–Crippen LogP) is 4.72. The molecule has 0 atom stereocenters. The summed E-state index contributed by atoms with van der Waals surface area (Å²) in [5.74, 6) is 1.03. The quantitative estimate of drug-likeness (QED) is 0.719. The van der Waals surface area contributed by atoms with Crippen molar-refractivity contribution in [1.29, 1.82) is 0 Å². The summed E-state index contributed by atoms with van der Waals surface area (Å²) in [5.41, 5.74) is 3.25. The number of nitrogens with zero attached hydrogens (tertiary/aromatic N) is 1. The largest absolute Gasteiger partial charge is 0.377 e. The Hall–Kier alpha value is -0.900. The highest BCUT2D eigenvalue weighted by Crippen LogP contribution is 2.25. The Morgan fingerprint density at radius 2 is 2.21 bits per heavy atom. The summed E-state index contributed by atoms with van der Waals surface area (Å²) in [6.07, 6.45) is 0. The summed E-state index contributed by atoms with van der Waals surface area (Å²) < 4.78 is 5.66. The van der Waals surface area contributed by atoms with E-state index < -0.39 is 0 Å². The van der Waals surface area contributed by atoms with Crippen LogP contribution in [0.5, 0.6) is 0 Å². The van der Waals surface area contributed by atoms with E-state index in [9.17, 15) is 0 Å². The number of thiazole rings is 1. The van der Waals surface area contributed by atoms with Crippen molar-refractivity contribution < 1.29 is 4.74 Å². The maximum atomic E-state index is 5.78. The molecule has 4 heteroatoms. The van der Waals surface area contributed by atoms with E-state index >= 15 is 0 Å².